The summed E-state index contributed by atoms with van der Waals surface area (Å²) in [6, 6.07) is 0. The zero-order chi connectivity index (χ0) is 13.8. The van der Waals surface area contributed by atoms with Crippen LogP contribution in [0, 0.1) is 12.8 Å². The Bertz CT molecular complexity index is 430. The molecule has 0 aromatic carbocycles. The van der Waals surface area contributed by atoms with E-state index >= 15 is 0 Å². The molecule has 1 saturated carbocycles. The molecule has 0 radical (unpaired) electrons. The Morgan fingerprint density at radius 1 is 1.32 bits per heavy atom. The molecule has 4 heteroatoms. The van der Waals surface area contributed by atoms with E-state index in [-0.39, 0.29) is 6.10 Å². The highest BCUT2D eigenvalue weighted by Crippen LogP contribution is 2.42. The highest BCUT2D eigenvalue weighted by Gasteiger charge is 2.34. The molecule has 1 aromatic rings. The Morgan fingerprint density at radius 2 is 2.05 bits per heavy atom. The van der Waals surface area contributed by atoms with E-state index in [4.69, 9.17) is 9.72 Å². The molecular weight excluding hydrogens is 238 g/mol. The Hall–Kier alpha value is -1.16. The number of rotatable bonds is 7. The fourth-order valence-electron chi connectivity index (χ4n) is 2.47. The summed E-state index contributed by atoms with van der Waals surface area (Å²) in [5, 5.41) is 3.43. The van der Waals surface area contributed by atoms with Crippen molar-refractivity contribution in [2.45, 2.75) is 52.6 Å². The zero-order valence-corrected chi connectivity index (χ0v) is 12.5. The highest BCUT2D eigenvalue weighted by molar-refractivity contribution is 5.46. The summed E-state index contributed by atoms with van der Waals surface area (Å²) in [7, 11) is 1.76. The van der Waals surface area contributed by atoms with E-state index in [1.807, 2.05) is 0 Å². The van der Waals surface area contributed by atoms with Crippen LogP contribution in [0.15, 0.2) is 0 Å². The fourth-order valence-corrected chi connectivity index (χ4v) is 2.47. The number of ether oxygens (including phenoxy) is 1. The summed E-state index contributed by atoms with van der Waals surface area (Å²) in [6.07, 6.45) is 4.58. The average Bonchev–Trinajstić information content (AvgIpc) is 3.21. The minimum atomic E-state index is 0.0618. The number of hydrogen-bond acceptors (Lipinski definition) is 4. The van der Waals surface area contributed by atoms with Crippen molar-refractivity contribution in [2.75, 3.05) is 19.0 Å². The van der Waals surface area contributed by atoms with Crippen LogP contribution < -0.4 is 5.32 Å². The lowest BCUT2D eigenvalue weighted by Gasteiger charge is -2.18. The predicted molar refractivity (Wildman–Crippen MR) is 77.4 cm³/mol. The van der Waals surface area contributed by atoms with Crippen molar-refractivity contribution >= 4 is 5.82 Å². The Kier molecular flexibility index (Phi) is 4.75. The SMILES string of the molecule is CCCNc1nc(C(OC)C2CC2)nc(C)c1CC. The van der Waals surface area contributed by atoms with Crippen molar-refractivity contribution in [2.24, 2.45) is 5.92 Å². The molecule has 1 N–H and O–H groups in total. The molecule has 2 rings (SSSR count). The van der Waals surface area contributed by atoms with Gasteiger partial charge in [-0.25, -0.2) is 9.97 Å². The van der Waals surface area contributed by atoms with Crippen molar-refractivity contribution < 1.29 is 4.74 Å². The lowest BCUT2D eigenvalue weighted by molar-refractivity contribution is 0.0771. The number of nitrogens with zero attached hydrogens (tertiary/aromatic N) is 2. The molecule has 1 aliphatic rings. The van der Waals surface area contributed by atoms with Crippen LogP contribution in [0.25, 0.3) is 0 Å². The van der Waals surface area contributed by atoms with Gasteiger partial charge in [-0.1, -0.05) is 13.8 Å². The highest BCUT2D eigenvalue weighted by atomic mass is 16.5. The Labute approximate surface area is 116 Å². The van der Waals surface area contributed by atoms with Gasteiger partial charge in [-0.3, -0.25) is 0 Å². The van der Waals surface area contributed by atoms with Gasteiger partial charge in [-0.05, 0) is 38.5 Å². The Balaban J connectivity index is 2.31. The van der Waals surface area contributed by atoms with Crippen LogP contribution in [0.4, 0.5) is 5.82 Å². The number of aromatic nitrogens is 2. The number of hydrogen-bond donors (Lipinski definition) is 1. The van der Waals surface area contributed by atoms with E-state index in [2.05, 4.69) is 31.1 Å². The second-order valence-electron chi connectivity index (χ2n) is 5.27. The van der Waals surface area contributed by atoms with Crippen molar-refractivity contribution in [1.29, 1.82) is 0 Å². The molecule has 1 fully saturated rings. The number of nitrogens with one attached hydrogen (secondary N) is 1. The van der Waals surface area contributed by atoms with E-state index in [0.717, 1.165) is 36.7 Å². The maximum Gasteiger partial charge on any atom is 0.160 e. The normalized spacial score (nSPS) is 16.4. The molecular formula is C15H25N3O. The molecule has 0 amide bonds. The summed E-state index contributed by atoms with van der Waals surface area (Å²) in [5.41, 5.74) is 2.30. The summed E-state index contributed by atoms with van der Waals surface area (Å²) in [5.74, 6) is 2.45. The first-order chi connectivity index (χ1) is 9.21. The molecule has 1 aromatic heterocycles. The van der Waals surface area contributed by atoms with Gasteiger partial charge in [0.15, 0.2) is 5.82 Å². The zero-order valence-electron chi connectivity index (χ0n) is 12.5. The van der Waals surface area contributed by atoms with Gasteiger partial charge in [0.2, 0.25) is 0 Å². The van der Waals surface area contributed by atoms with Crippen LogP contribution >= 0.6 is 0 Å². The second kappa shape index (κ2) is 6.33. The fraction of sp³-hybridized carbons (Fsp3) is 0.733. The molecule has 0 saturated heterocycles. The summed E-state index contributed by atoms with van der Waals surface area (Å²) in [4.78, 5) is 9.40. The lowest BCUT2D eigenvalue weighted by atomic mass is 10.1. The number of anilines is 1. The monoisotopic (exact) mass is 263 g/mol. The quantitative estimate of drug-likeness (QED) is 0.820. The van der Waals surface area contributed by atoms with E-state index in [9.17, 15) is 0 Å². The Morgan fingerprint density at radius 3 is 2.58 bits per heavy atom. The molecule has 1 atom stereocenters. The van der Waals surface area contributed by atoms with Crippen LogP contribution in [0.2, 0.25) is 0 Å². The van der Waals surface area contributed by atoms with Crippen LogP contribution in [-0.4, -0.2) is 23.6 Å². The van der Waals surface area contributed by atoms with E-state index in [0.29, 0.717) is 5.92 Å². The summed E-state index contributed by atoms with van der Waals surface area (Å²) >= 11 is 0. The second-order valence-corrected chi connectivity index (χ2v) is 5.27. The molecule has 1 aliphatic carbocycles. The molecule has 0 bridgehead atoms. The van der Waals surface area contributed by atoms with E-state index in [1.54, 1.807) is 7.11 Å². The van der Waals surface area contributed by atoms with Gasteiger partial charge in [-0.2, -0.15) is 0 Å². The van der Waals surface area contributed by atoms with Crippen LogP contribution in [0.3, 0.4) is 0 Å². The summed E-state index contributed by atoms with van der Waals surface area (Å²) < 4.78 is 5.60. The van der Waals surface area contributed by atoms with Gasteiger partial charge in [0.1, 0.15) is 11.9 Å². The van der Waals surface area contributed by atoms with Gasteiger partial charge in [0.25, 0.3) is 0 Å². The van der Waals surface area contributed by atoms with Crippen molar-refractivity contribution in [3.8, 4) is 0 Å². The molecule has 19 heavy (non-hydrogen) atoms. The lowest BCUT2D eigenvalue weighted by Crippen LogP contribution is -2.15. The maximum atomic E-state index is 5.60. The van der Waals surface area contributed by atoms with Crippen LogP contribution in [0.1, 0.15) is 56.3 Å². The maximum absolute atomic E-state index is 5.60. The standard InChI is InChI=1S/C15H25N3O/c1-5-9-16-14-12(6-2)10(3)17-15(18-14)13(19-4)11-7-8-11/h11,13H,5-9H2,1-4H3,(H,16,17,18). The number of aryl methyl sites for hydroxylation is 1. The third-order valence-electron chi connectivity index (χ3n) is 3.69. The van der Waals surface area contributed by atoms with E-state index < -0.39 is 0 Å². The summed E-state index contributed by atoms with van der Waals surface area (Å²) in [6.45, 7) is 7.33. The largest absolute Gasteiger partial charge is 0.373 e. The predicted octanol–water partition coefficient (Wildman–Crippen LogP) is 3.27. The smallest absolute Gasteiger partial charge is 0.160 e. The third kappa shape index (κ3) is 3.24. The van der Waals surface area contributed by atoms with Gasteiger partial charge in [-0.15, -0.1) is 0 Å². The molecule has 4 nitrogen and oxygen atoms in total. The van der Waals surface area contributed by atoms with Crippen molar-refractivity contribution in [1.82, 2.24) is 9.97 Å². The third-order valence-corrected chi connectivity index (χ3v) is 3.69. The molecule has 106 valence electrons. The average molecular weight is 263 g/mol. The molecule has 1 unspecified atom stereocenters. The molecule has 0 aliphatic heterocycles. The number of methoxy groups -OCH3 is 1. The van der Waals surface area contributed by atoms with Gasteiger partial charge >= 0.3 is 0 Å². The molecule has 1 heterocycles. The minimum absolute atomic E-state index is 0.0618. The van der Waals surface area contributed by atoms with Gasteiger partial charge < -0.3 is 10.1 Å². The van der Waals surface area contributed by atoms with Gasteiger partial charge in [0, 0.05) is 24.9 Å². The van der Waals surface area contributed by atoms with Gasteiger partial charge in [0.05, 0.1) is 0 Å². The van der Waals surface area contributed by atoms with Crippen LogP contribution in [-0.2, 0) is 11.2 Å². The van der Waals surface area contributed by atoms with E-state index in [1.165, 1.54) is 18.4 Å². The minimum Gasteiger partial charge on any atom is -0.373 e. The van der Waals surface area contributed by atoms with Crippen molar-refractivity contribution in [3.63, 3.8) is 0 Å². The molecule has 0 spiro atoms. The topological polar surface area (TPSA) is 47.0 Å². The first-order valence-corrected chi connectivity index (χ1v) is 7.35. The first-order valence-electron chi connectivity index (χ1n) is 7.35. The van der Waals surface area contributed by atoms with Crippen LogP contribution in [0.5, 0.6) is 0 Å². The first kappa shape index (κ1) is 14.3. The van der Waals surface area contributed by atoms with Crippen molar-refractivity contribution in [3.05, 3.63) is 17.1 Å².